The lowest BCUT2D eigenvalue weighted by Crippen LogP contribution is -2.03. The third-order valence-electron chi connectivity index (χ3n) is 2.47. The summed E-state index contributed by atoms with van der Waals surface area (Å²) in [7, 11) is 0. The Kier molecular flexibility index (Phi) is 2.97. The number of hydrogen-bond acceptors (Lipinski definition) is 2. The second-order valence-corrected chi connectivity index (χ2v) is 3.71. The Labute approximate surface area is 93.4 Å². The van der Waals surface area contributed by atoms with E-state index in [2.05, 4.69) is 4.98 Å². The van der Waals surface area contributed by atoms with Crippen molar-refractivity contribution in [3.63, 3.8) is 0 Å². The number of aromatic nitrogens is 1. The summed E-state index contributed by atoms with van der Waals surface area (Å²) in [4.78, 5) is 3.86. The fourth-order valence-corrected chi connectivity index (χ4v) is 1.60. The normalized spacial score (nSPS) is 12.4. The second kappa shape index (κ2) is 4.41. The van der Waals surface area contributed by atoms with E-state index in [-0.39, 0.29) is 0 Å². The topological polar surface area (TPSA) is 33.1 Å². The van der Waals surface area contributed by atoms with Gasteiger partial charge in [-0.25, -0.2) is 4.39 Å². The van der Waals surface area contributed by atoms with Gasteiger partial charge in [-0.1, -0.05) is 17.7 Å². The van der Waals surface area contributed by atoms with Gasteiger partial charge in [-0.3, -0.25) is 4.98 Å². The van der Waals surface area contributed by atoms with E-state index >= 15 is 0 Å². The van der Waals surface area contributed by atoms with E-state index in [0.717, 1.165) is 5.56 Å². The van der Waals surface area contributed by atoms with Crippen LogP contribution in [-0.4, -0.2) is 10.1 Å². The van der Waals surface area contributed by atoms with E-state index in [9.17, 15) is 9.50 Å². The zero-order valence-corrected chi connectivity index (χ0v) is 8.89. The van der Waals surface area contributed by atoms with Crippen molar-refractivity contribution in [3.8, 4) is 0 Å². The highest BCUT2D eigenvalue weighted by Crippen LogP contribution is 2.24. The number of halogens is 1. The molecule has 0 amide bonds. The van der Waals surface area contributed by atoms with E-state index < -0.39 is 11.9 Å². The first-order valence-electron chi connectivity index (χ1n) is 5.02. The third-order valence-corrected chi connectivity index (χ3v) is 2.47. The molecule has 1 atom stereocenters. The summed E-state index contributed by atoms with van der Waals surface area (Å²) in [5.74, 6) is -0.394. The minimum Gasteiger partial charge on any atom is -0.384 e. The Morgan fingerprint density at radius 2 is 1.88 bits per heavy atom. The molecule has 2 aromatic rings. The molecule has 0 aliphatic heterocycles. The molecule has 0 spiro atoms. The van der Waals surface area contributed by atoms with Crippen LogP contribution in [0.3, 0.4) is 0 Å². The average Bonchev–Trinajstić information content (AvgIpc) is 2.32. The van der Waals surface area contributed by atoms with Gasteiger partial charge < -0.3 is 5.11 Å². The Morgan fingerprint density at radius 3 is 2.56 bits per heavy atom. The Morgan fingerprint density at radius 1 is 1.19 bits per heavy atom. The minimum atomic E-state index is -0.942. The van der Waals surface area contributed by atoms with Gasteiger partial charge in [-0.15, -0.1) is 0 Å². The Bertz CT molecular complexity index is 485. The lowest BCUT2D eigenvalue weighted by molar-refractivity contribution is 0.215. The molecule has 0 aliphatic carbocycles. The van der Waals surface area contributed by atoms with Crippen molar-refractivity contribution in [1.29, 1.82) is 0 Å². The zero-order chi connectivity index (χ0) is 11.5. The van der Waals surface area contributed by atoms with Gasteiger partial charge in [-0.2, -0.15) is 0 Å². The third kappa shape index (κ3) is 2.09. The molecule has 82 valence electrons. The second-order valence-electron chi connectivity index (χ2n) is 3.71. The lowest BCUT2D eigenvalue weighted by atomic mass is 10.0. The summed E-state index contributed by atoms with van der Waals surface area (Å²) in [6, 6.07) is 8.05. The molecule has 0 bridgehead atoms. The van der Waals surface area contributed by atoms with Crippen LogP contribution in [0.2, 0.25) is 0 Å². The van der Waals surface area contributed by atoms with Crippen LogP contribution >= 0.6 is 0 Å². The van der Waals surface area contributed by atoms with Crippen molar-refractivity contribution in [2.24, 2.45) is 0 Å². The minimum absolute atomic E-state index is 0.297. The summed E-state index contributed by atoms with van der Waals surface area (Å²) >= 11 is 0. The van der Waals surface area contributed by atoms with E-state index in [1.807, 2.05) is 6.92 Å². The maximum absolute atomic E-state index is 13.5. The summed E-state index contributed by atoms with van der Waals surface area (Å²) < 4.78 is 13.5. The molecular weight excluding hydrogens is 205 g/mol. The average molecular weight is 217 g/mol. The van der Waals surface area contributed by atoms with E-state index in [1.165, 1.54) is 6.07 Å². The summed E-state index contributed by atoms with van der Waals surface area (Å²) in [5, 5.41) is 10.0. The first-order chi connectivity index (χ1) is 7.68. The number of aliphatic hydroxyl groups is 1. The highest BCUT2D eigenvalue weighted by atomic mass is 19.1. The Balaban J connectivity index is 2.41. The molecule has 1 N–H and O–H groups in total. The SMILES string of the molecule is Cc1ccc(F)c(C(O)c2ccncc2)c1. The van der Waals surface area contributed by atoms with Gasteiger partial charge in [0.05, 0.1) is 0 Å². The summed E-state index contributed by atoms with van der Waals surface area (Å²) in [6.07, 6.45) is 2.21. The van der Waals surface area contributed by atoms with Crippen LogP contribution in [0.15, 0.2) is 42.7 Å². The van der Waals surface area contributed by atoms with Crippen molar-refractivity contribution in [3.05, 3.63) is 65.2 Å². The van der Waals surface area contributed by atoms with E-state index in [4.69, 9.17) is 0 Å². The highest BCUT2D eigenvalue weighted by molar-refractivity contribution is 5.32. The van der Waals surface area contributed by atoms with Gasteiger partial charge in [0.25, 0.3) is 0 Å². The van der Waals surface area contributed by atoms with Crippen molar-refractivity contribution in [1.82, 2.24) is 4.98 Å². The molecule has 0 saturated heterocycles. The van der Waals surface area contributed by atoms with Crippen molar-refractivity contribution >= 4 is 0 Å². The zero-order valence-electron chi connectivity index (χ0n) is 8.89. The molecule has 0 fully saturated rings. The first-order valence-corrected chi connectivity index (χ1v) is 5.02. The monoisotopic (exact) mass is 217 g/mol. The first kappa shape index (κ1) is 10.8. The number of benzene rings is 1. The van der Waals surface area contributed by atoms with Crippen molar-refractivity contribution < 1.29 is 9.50 Å². The van der Waals surface area contributed by atoms with Crippen LogP contribution in [0, 0.1) is 12.7 Å². The Hall–Kier alpha value is -1.74. The molecule has 0 saturated carbocycles. The van der Waals surface area contributed by atoms with Crippen LogP contribution in [0.25, 0.3) is 0 Å². The number of hydrogen-bond donors (Lipinski definition) is 1. The quantitative estimate of drug-likeness (QED) is 0.838. The van der Waals surface area contributed by atoms with Crippen molar-refractivity contribution in [2.45, 2.75) is 13.0 Å². The van der Waals surface area contributed by atoms with Crippen LogP contribution in [-0.2, 0) is 0 Å². The molecule has 1 unspecified atom stereocenters. The number of aryl methyl sites for hydroxylation is 1. The maximum atomic E-state index is 13.5. The molecular formula is C13H12FNO. The molecule has 1 heterocycles. The van der Waals surface area contributed by atoms with Gasteiger partial charge in [-0.05, 0) is 30.7 Å². The molecule has 2 nitrogen and oxygen atoms in total. The standard InChI is InChI=1S/C13H12FNO/c1-9-2-3-12(14)11(8-9)13(16)10-4-6-15-7-5-10/h2-8,13,16H,1H3. The molecule has 3 heteroatoms. The molecule has 0 radical (unpaired) electrons. The van der Waals surface area contributed by atoms with Gasteiger partial charge in [0, 0.05) is 18.0 Å². The molecule has 1 aromatic carbocycles. The van der Waals surface area contributed by atoms with E-state index in [1.54, 1.807) is 36.7 Å². The maximum Gasteiger partial charge on any atom is 0.129 e. The molecule has 16 heavy (non-hydrogen) atoms. The van der Waals surface area contributed by atoms with Gasteiger partial charge >= 0.3 is 0 Å². The van der Waals surface area contributed by atoms with Crippen LogP contribution in [0.4, 0.5) is 4.39 Å². The van der Waals surface area contributed by atoms with Gasteiger partial charge in [0.2, 0.25) is 0 Å². The largest absolute Gasteiger partial charge is 0.384 e. The summed E-state index contributed by atoms with van der Waals surface area (Å²) in [6.45, 7) is 1.86. The smallest absolute Gasteiger partial charge is 0.129 e. The fraction of sp³-hybridized carbons (Fsp3) is 0.154. The lowest BCUT2D eigenvalue weighted by Gasteiger charge is -2.12. The van der Waals surface area contributed by atoms with Crippen LogP contribution < -0.4 is 0 Å². The van der Waals surface area contributed by atoms with Crippen molar-refractivity contribution in [2.75, 3.05) is 0 Å². The van der Waals surface area contributed by atoms with E-state index in [0.29, 0.717) is 11.1 Å². The fourth-order valence-electron chi connectivity index (χ4n) is 1.60. The highest BCUT2D eigenvalue weighted by Gasteiger charge is 2.14. The predicted molar refractivity (Wildman–Crippen MR) is 59.4 cm³/mol. The van der Waals surface area contributed by atoms with Gasteiger partial charge in [0.15, 0.2) is 0 Å². The summed E-state index contributed by atoms with van der Waals surface area (Å²) in [5.41, 5.74) is 1.86. The van der Waals surface area contributed by atoms with Crippen LogP contribution in [0.5, 0.6) is 0 Å². The number of pyridine rings is 1. The predicted octanol–water partition coefficient (Wildman–Crippen LogP) is 2.61. The number of rotatable bonds is 2. The molecule has 0 aliphatic rings. The van der Waals surface area contributed by atoms with Crippen LogP contribution in [0.1, 0.15) is 22.8 Å². The van der Waals surface area contributed by atoms with Gasteiger partial charge in [0.1, 0.15) is 11.9 Å². The number of aliphatic hydroxyl groups excluding tert-OH is 1. The molecule has 2 rings (SSSR count). The number of nitrogens with zero attached hydrogens (tertiary/aromatic N) is 1. The molecule has 1 aromatic heterocycles.